The standard InChI is InChI=1S/C11H12F2NO2.2K/c1-11(2,3)16-10(15)14-8-6-4-5-7(12)9(8)13;;/h4,6H,1-3H3,(H,14,15);;/q-1;2*+1/p-1. The Labute approximate surface area is 190 Å². The smallest absolute Gasteiger partial charge is 0.609 e. The molecule has 0 saturated heterocycles. The Bertz CT molecular complexity index is 409. The Morgan fingerprint density at radius 3 is 2.39 bits per heavy atom. The van der Waals surface area contributed by atoms with Crippen LogP contribution >= 0.6 is 0 Å². The fourth-order valence-corrected chi connectivity index (χ4v) is 0.912. The molecule has 0 heterocycles. The van der Waals surface area contributed by atoms with E-state index in [1.54, 1.807) is 20.8 Å². The van der Waals surface area contributed by atoms with Crippen molar-refractivity contribution in [2.45, 2.75) is 26.4 Å². The second-order valence-corrected chi connectivity index (χ2v) is 4.08. The van der Waals surface area contributed by atoms with Gasteiger partial charge in [0.25, 0.3) is 0 Å². The van der Waals surface area contributed by atoms with Gasteiger partial charge >= 0.3 is 103 Å². The summed E-state index contributed by atoms with van der Waals surface area (Å²) >= 11 is 0. The van der Waals surface area contributed by atoms with Crippen molar-refractivity contribution < 1.29 is 121 Å². The van der Waals surface area contributed by atoms with Crippen molar-refractivity contribution in [3.05, 3.63) is 35.2 Å². The van der Waals surface area contributed by atoms with E-state index in [4.69, 9.17) is 4.74 Å². The van der Waals surface area contributed by atoms with Gasteiger partial charge in [-0.15, -0.1) is 6.07 Å². The molecule has 88 valence electrons. The average molecular weight is 305 g/mol. The van der Waals surface area contributed by atoms with Gasteiger partial charge in [-0.2, -0.15) is 12.1 Å². The van der Waals surface area contributed by atoms with Gasteiger partial charge in [-0.1, -0.05) is 0 Å². The molecule has 0 aliphatic rings. The molecule has 1 amide bonds. The van der Waals surface area contributed by atoms with Gasteiger partial charge in [0.2, 0.25) is 6.09 Å². The number of benzene rings is 1. The number of carbonyl (C=O) groups excluding carboxylic acids is 1. The molecule has 0 saturated carbocycles. The molecular weight excluding hydrogens is 294 g/mol. The van der Waals surface area contributed by atoms with Crippen LogP contribution in [0.5, 0.6) is 0 Å². The summed E-state index contributed by atoms with van der Waals surface area (Å²) in [6, 6.07) is 4.29. The monoisotopic (exact) mass is 305 g/mol. The van der Waals surface area contributed by atoms with Crippen molar-refractivity contribution in [2.24, 2.45) is 0 Å². The molecule has 0 N–H and O–H groups in total. The Balaban J connectivity index is 0. The van der Waals surface area contributed by atoms with Gasteiger partial charge in [0.05, 0.1) is 0 Å². The second-order valence-electron chi connectivity index (χ2n) is 4.08. The maximum Gasteiger partial charge on any atom is 1.00 e. The summed E-state index contributed by atoms with van der Waals surface area (Å²) in [5.74, 6) is -2.39. The van der Waals surface area contributed by atoms with Crippen molar-refractivity contribution in [1.82, 2.24) is 0 Å². The van der Waals surface area contributed by atoms with Crippen LogP contribution in [0.15, 0.2) is 12.1 Å². The molecular formula is C11H11F2K2NO2. The first-order chi connectivity index (χ1) is 7.29. The van der Waals surface area contributed by atoms with Crippen LogP contribution in [0, 0.1) is 17.7 Å². The molecule has 1 aromatic rings. The van der Waals surface area contributed by atoms with Crippen LogP contribution in [-0.4, -0.2) is 11.7 Å². The van der Waals surface area contributed by atoms with Gasteiger partial charge in [-0.25, -0.2) is 10.1 Å². The van der Waals surface area contributed by atoms with Crippen LogP contribution in [0.25, 0.3) is 5.32 Å². The van der Waals surface area contributed by atoms with Crippen LogP contribution in [-0.2, 0) is 4.74 Å². The third kappa shape index (κ3) is 8.03. The maximum absolute atomic E-state index is 13.1. The van der Waals surface area contributed by atoms with Crippen LogP contribution in [0.3, 0.4) is 0 Å². The topological polar surface area (TPSA) is 40.4 Å². The zero-order valence-corrected chi connectivity index (χ0v) is 17.4. The Morgan fingerprint density at radius 2 is 1.89 bits per heavy atom. The molecule has 0 aromatic heterocycles. The van der Waals surface area contributed by atoms with Gasteiger partial charge in [0, 0.05) is 11.6 Å². The Kier molecular flexibility index (Phi) is 11.6. The maximum atomic E-state index is 13.1. The molecule has 7 heteroatoms. The first-order valence-electron chi connectivity index (χ1n) is 4.60. The van der Waals surface area contributed by atoms with Crippen LogP contribution in [0.1, 0.15) is 20.8 Å². The van der Waals surface area contributed by atoms with Gasteiger partial charge in [-0.05, 0) is 20.8 Å². The SMILES string of the molecule is CC(C)(C)OC(=O)[N-]c1cc[c-]c(F)c1F.[K+].[K+]. The largest absolute Gasteiger partial charge is 1.00 e. The first kappa shape index (κ1) is 21.9. The zero-order chi connectivity index (χ0) is 12.3. The molecule has 0 aliphatic carbocycles. The minimum Gasteiger partial charge on any atom is -0.609 e. The van der Waals surface area contributed by atoms with Crippen LogP contribution in [0.4, 0.5) is 19.3 Å². The third-order valence-electron chi connectivity index (χ3n) is 1.47. The number of halogens is 2. The number of rotatable bonds is 1. The fourth-order valence-electron chi connectivity index (χ4n) is 0.912. The van der Waals surface area contributed by atoms with Gasteiger partial charge < -0.3 is 10.1 Å². The van der Waals surface area contributed by atoms with Crippen molar-refractivity contribution >= 4 is 11.8 Å². The first-order valence-corrected chi connectivity index (χ1v) is 4.60. The number of hydrogen-bond donors (Lipinski definition) is 0. The summed E-state index contributed by atoms with van der Waals surface area (Å²) in [5.41, 5.74) is -1.12. The molecule has 0 atom stereocenters. The summed E-state index contributed by atoms with van der Waals surface area (Å²) in [7, 11) is 0. The molecule has 0 radical (unpaired) electrons. The molecule has 18 heavy (non-hydrogen) atoms. The predicted octanol–water partition coefficient (Wildman–Crippen LogP) is -2.29. The quantitative estimate of drug-likeness (QED) is 0.433. The van der Waals surface area contributed by atoms with E-state index in [1.165, 1.54) is 0 Å². The van der Waals surface area contributed by atoms with Gasteiger partial charge in [-0.3, -0.25) is 9.18 Å². The molecule has 0 aliphatic heterocycles. The minimum atomic E-state index is -1.21. The number of ether oxygens (including phenoxy) is 1. The summed E-state index contributed by atoms with van der Waals surface area (Å²) in [4.78, 5) is 11.2. The van der Waals surface area contributed by atoms with E-state index < -0.39 is 29.0 Å². The Morgan fingerprint density at radius 1 is 1.33 bits per heavy atom. The number of nitrogens with zero attached hydrogens (tertiary/aromatic N) is 1. The van der Waals surface area contributed by atoms with E-state index in [9.17, 15) is 13.6 Å². The minimum absolute atomic E-state index is 0. The summed E-state index contributed by atoms with van der Waals surface area (Å²) in [6.07, 6.45) is -0.961. The molecule has 0 unspecified atom stereocenters. The summed E-state index contributed by atoms with van der Waals surface area (Å²) in [6.45, 7) is 4.95. The number of amides is 1. The van der Waals surface area contributed by atoms with Crippen molar-refractivity contribution in [3.8, 4) is 0 Å². The molecule has 1 rings (SSSR count). The van der Waals surface area contributed by atoms with Crippen LogP contribution < -0.4 is 103 Å². The van der Waals surface area contributed by atoms with E-state index in [2.05, 4.69) is 5.32 Å². The molecule has 3 nitrogen and oxygen atoms in total. The zero-order valence-electron chi connectivity index (χ0n) is 11.2. The van der Waals surface area contributed by atoms with E-state index in [0.29, 0.717) is 0 Å². The predicted molar refractivity (Wildman–Crippen MR) is 54.4 cm³/mol. The average Bonchev–Trinajstić information content (AvgIpc) is 2.09. The third-order valence-corrected chi connectivity index (χ3v) is 1.47. The van der Waals surface area contributed by atoms with E-state index in [-0.39, 0.29) is 103 Å². The molecule has 0 fully saturated rings. The molecule has 0 spiro atoms. The van der Waals surface area contributed by atoms with E-state index in [0.717, 1.165) is 12.1 Å². The number of carbonyl (C=O) groups is 1. The van der Waals surface area contributed by atoms with Crippen molar-refractivity contribution in [2.75, 3.05) is 0 Å². The van der Waals surface area contributed by atoms with Crippen LogP contribution in [0.2, 0.25) is 0 Å². The second kappa shape index (κ2) is 9.54. The van der Waals surface area contributed by atoms with E-state index in [1.807, 2.05) is 6.07 Å². The summed E-state index contributed by atoms with van der Waals surface area (Å²) < 4.78 is 30.6. The van der Waals surface area contributed by atoms with Crippen molar-refractivity contribution in [3.63, 3.8) is 0 Å². The Hall–Kier alpha value is 1.62. The molecule has 0 bridgehead atoms. The number of hydrogen-bond acceptors (Lipinski definition) is 2. The van der Waals surface area contributed by atoms with Crippen molar-refractivity contribution in [1.29, 1.82) is 0 Å². The molecule has 1 aromatic carbocycles. The fraction of sp³-hybridized carbons (Fsp3) is 0.364. The normalized spacial score (nSPS) is 9.83. The van der Waals surface area contributed by atoms with Gasteiger partial charge in [0.1, 0.15) is 5.60 Å². The van der Waals surface area contributed by atoms with E-state index >= 15 is 0 Å². The van der Waals surface area contributed by atoms with Gasteiger partial charge in [0.15, 0.2) is 0 Å². The summed E-state index contributed by atoms with van der Waals surface area (Å²) in [5, 5.41) is 3.31.